The summed E-state index contributed by atoms with van der Waals surface area (Å²) in [5.74, 6) is -1.21. The molecule has 21 heavy (non-hydrogen) atoms. The van der Waals surface area contributed by atoms with E-state index in [1.54, 1.807) is 0 Å². The summed E-state index contributed by atoms with van der Waals surface area (Å²) in [5.41, 5.74) is -0.0882. The van der Waals surface area contributed by atoms with Crippen LogP contribution in [-0.4, -0.2) is 26.2 Å². The topological polar surface area (TPSA) is 52.6 Å². The van der Waals surface area contributed by atoms with Gasteiger partial charge in [-0.05, 0) is 28.8 Å². The van der Waals surface area contributed by atoms with Crippen LogP contribution in [0.2, 0.25) is 0 Å². The van der Waals surface area contributed by atoms with E-state index in [0.717, 1.165) is 16.3 Å². The first kappa shape index (κ1) is 13.6. The maximum Gasteiger partial charge on any atom is 0.317 e. The van der Waals surface area contributed by atoms with Crippen LogP contribution in [0.5, 0.6) is 0 Å². The van der Waals surface area contributed by atoms with Crippen LogP contribution in [0, 0.1) is 5.92 Å². The van der Waals surface area contributed by atoms with Gasteiger partial charge in [-0.25, -0.2) is 0 Å². The number of carbonyl (C=O) groups excluding carboxylic acids is 2. The van der Waals surface area contributed by atoms with Gasteiger partial charge in [0, 0.05) is 0 Å². The molecule has 4 nitrogen and oxygen atoms in total. The van der Waals surface area contributed by atoms with Gasteiger partial charge in [-0.1, -0.05) is 36.4 Å². The number of rotatable bonds is 3. The minimum atomic E-state index is -0.897. The van der Waals surface area contributed by atoms with Gasteiger partial charge in [0.1, 0.15) is 5.41 Å². The zero-order valence-electron chi connectivity index (χ0n) is 12.0. The van der Waals surface area contributed by atoms with Crippen LogP contribution in [0.3, 0.4) is 0 Å². The van der Waals surface area contributed by atoms with Crippen molar-refractivity contribution < 1.29 is 19.1 Å². The Kier molecular flexibility index (Phi) is 3.16. The lowest BCUT2D eigenvalue weighted by molar-refractivity contribution is -0.149. The monoisotopic (exact) mass is 284 g/mol. The number of hydrogen-bond acceptors (Lipinski definition) is 4. The number of benzene rings is 2. The second-order valence-electron chi connectivity index (χ2n) is 5.30. The average Bonchev–Trinajstić information content (AvgIpc) is 3.29. The van der Waals surface area contributed by atoms with Gasteiger partial charge in [-0.2, -0.15) is 0 Å². The molecule has 0 unspecified atom stereocenters. The van der Waals surface area contributed by atoms with Gasteiger partial charge >= 0.3 is 11.9 Å². The van der Waals surface area contributed by atoms with Gasteiger partial charge in [-0.3, -0.25) is 9.59 Å². The maximum absolute atomic E-state index is 12.2. The molecular formula is C17H16O4. The van der Waals surface area contributed by atoms with Crippen LogP contribution < -0.4 is 0 Å². The van der Waals surface area contributed by atoms with E-state index in [-0.39, 0.29) is 11.9 Å². The minimum Gasteiger partial charge on any atom is -0.469 e. The molecule has 3 rings (SSSR count). The smallest absolute Gasteiger partial charge is 0.317 e. The summed E-state index contributed by atoms with van der Waals surface area (Å²) in [6.45, 7) is 0. The molecule has 0 heterocycles. The van der Waals surface area contributed by atoms with Gasteiger partial charge in [0.05, 0.1) is 20.1 Å². The fraction of sp³-hybridized carbons (Fsp3) is 0.294. The quantitative estimate of drug-likeness (QED) is 0.812. The SMILES string of the molecule is COC(=O)[C@@H]1C[C@@]1(C(=O)OC)c1ccc2ccccc2c1. The molecule has 1 aliphatic carbocycles. The van der Waals surface area contributed by atoms with Crippen molar-refractivity contribution in [2.75, 3.05) is 14.2 Å². The van der Waals surface area contributed by atoms with Crippen molar-refractivity contribution in [2.24, 2.45) is 5.92 Å². The lowest BCUT2D eigenvalue weighted by Crippen LogP contribution is -2.27. The Hall–Kier alpha value is -2.36. The third-order valence-corrected chi connectivity index (χ3v) is 4.26. The van der Waals surface area contributed by atoms with Crippen molar-refractivity contribution in [1.82, 2.24) is 0 Å². The van der Waals surface area contributed by atoms with Crippen molar-refractivity contribution in [1.29, 1.82) is 0 Å². The molecule has 0 amide bonds. The molecule has 0 N–H and O–H groups in total. The molecule has 2 aromatic carbocycles. The summed E-state index contributed by atoms with van der Waals surface area (Å²) in [5, 5.41) is 2.13. The third-order valence-electron chi connectivity index (χ3n) is 4.26. The van der Waals surface area contributed by atoms with Crippen molar-refractivity contribution in [3.63, 3.8) is 0 Å². The second kappa shape index (κ2) is 4.88. The fourth-order valence-electron chi connectivity index (χ4n) is 3.00. The van der Waals surface area contributed by atoms with E-state index in [9.17, 15) is 9.59 Å². The van der Waals surface area contributed by atoms with E-state index >= 15 is 0 Å². The molecule has 0 aliphatic heterocycles. The standard InChI is InChI=1S/C17H16O4/c1-20-15(18)14-10-17(14,16(19)21-2)13-8-7-11-5-3-4-6-12(11)9-13/h3-9,14H,10H2,1-2H3/t14-,17+/m0/s1. The van der Waals surface area contributed by atoms with E-state index in [2.05, 4.69) is 0 Å². The van der Waals surface area contributed by atoms with Crippen molar-refractivity contribution in [2.45, 2.75) is 11.8 Å². The van der Waals surface area contributed by atoms with Crippen LogP contribution in [0.25, 0.3) is 10.8 Å². The Bertz CT molecular complexity index is 722. The zero-order valence-corrected chi connectivity index (χ0v) is 12.0. The summed E-state index contributed by atoms with van der Waals surface area (Å²) < 4.78 is 9.71. The van der Waals surface area contributed by atoms with Crippen LogP contribution in [0.4, 0.5) is 0 Å². The molecule has 2 aromatic rings. The number of carbonyl (C=O) groups is 2. The average molecular weight is 284 g/mol. The highest BCUT2D eigenvalue weighted by atomic mass is 16.5. The highest BCUT2D eigenvalue weighted by Gasteiger charge is 2.66. The van der Waals surface area contributed by atoms with E-state index in [1.165, 1.54) is 14.2 Å². The molecule has 1 fully saturated rings. The van der Waals surface area contributed by atoms with Crippen molar-refractivity contribution in [3.8, 4) is 0 Å². The molecule has 0 saturated heterocycles. The molecule has 0 bridgehead atoms. The molecule has 2 atom stereocenters. The largest absolute Gasteiger partial charge is 0.469 e. The molecule has 1 saturated carbocycles. The number of hydrogen-bond donors (Lipinski definition) is 0. The normalized spacial score (nSPS) is 23.6. The predicted octanol–water partition coefficient (Wildman–Crippen LogP) is 2.44. The zero-order chi connectivity index (χ0) is 15.0. The minimum absolute atomic E-state index is 0.367. The first-order chi connectivity index (χ1) is 10.1. The van der Waals surface area contributed by atoms with Gasteiger partial charge in [-0.15, -0.1) is 0 Å². The predicted molar refractivity (Wildman–Crippen MR) is 77.8 cm³/mol. The Morgan fingerprint density at radius 1 is 1.05 bits per heavy atom. The van der Waals surface area contributed by atoms with E-state index in [4.69, 9.17) is 9.47 Å². The number of fused-ring (bicyclic) bond motifs is 1. The molecule has 0 spiro atoms. The Morgan fingerprint density at radius 3 is 2.43 bits per heavy atom. The number of methoxy groups -OCH3 is 2. The maximum atomic E-state index is 12.2. The van der Waals surface area contributed by atoms with E-state index in [1.807, 2.05) is 42.5 Å². The molecular weight excluding hydrogens is 268 g/mol. The molecule has 0 aromatic heterocycles. The molecule has 4 heteroatoms. The highest BCUT2D eigenvalue weighted by molar-refractivity contribution is 5.97. The Labute approximate surface area is 122 Å². The highest BCUT2D eigenvalue weighted by Crippen LogP contribution is 2.56. The number of ether oxygens (including phenoxy) is 2. The molecule has 1 aliphatic rings. The van der Waals surface area contributed by atoms with Gasteiger partial charge < -0.3 is 9.47 Å². The van der Waals surface area contributed by atoms with Gasteiger partial charge in [0.2, 0.25) is 0 Å². The van der Waals surface area contributed by atoms with Gasteiger partial charge in [0.25, 0.3) is 0 Å². The Morgan fingerprint density at radius 2 is 1.76 bits per heavy atom. The first-order valence-electron chi connectivity index (χ1n) is 6.79. The first-order valence-corrected chi connectivity index (χ1v) is 6.79. The Balaban J connectivity index is 2.08. The third kappa shape index (κ3) is 1.98. The summed E-state index contributed by atoms with van der Waals surface area (Å²) in [7, 11) is 2.68. The summed E-state index contributed by atoms with van der Waals surface area (Å²) in [6.07, 6.45) is 0.435. The van der Waals surface area contributed by atoms with Gasteiger partial charge in [0.15, 0.2) is 0 Å². The summed E-state index contributed by atoms with van der Waals surface area (Å²) >= 11 is 0. The van der Waals surface area contributed by atoms with Crippen LogP contribution in [0.15, 0.2) is 42.5 Å². The summed E-state index contributed by atoms with van der Waals surface area (Å²) in [6, 6.07) is 13.7. The van der Waals surface area contributed by atoms with Crippen molar-refractivity contribution in [3.05, 3.63) is 48.0 Å². The van der Waals surface area contributed by atoms with E-state index in [0.29, 0.717) is 6.42 Å². The molecule has 0 radical (unpaired) electrons. The second-order valence-corrected chi connectivity index (χ2v) is 5.30. The molecule has 108 valence electrons. The van der Waals surface area contributed by atoms with Crippen molar-refractivity contribution >= 4 is 22.7 Å². The van der Waals surface area contributed by atoms with Crippen LogP contribution in [0.1, 0.15) is 12.0 Å². The summed E-state index contributed by atoms with van der Waals surface area (Å²) in [4.78, 5) is 24.1. The lowest BCUT2D eigenvalue weighted by atomic mass is 9.91. The van der Waals surface area contributed by atoms with Crippen LogP contribution in [-0.2, 0) is 24.5 Å². The lowest BCUT2D eigenvalue weighted by Gasteiger charge is -2.15. The number of esters is 2. The van der Waals surface area contributed by atoms with Crippen LogP contribution >= 0.6 is 0 Å². The fourth-order valence-corrected chi connectivity index (χ4v) is 3.00. The van der Waals surface area contributed by atoms with E-state index < -0.39 is 11.3 Å².